The van der Waals surface area contributed by atoms with Crippen LogP contribution in [-0.2, 0) is 11.2 Å². The molecule has 0 spiro atoms. The molecule has 0 unspecified atom stereocenters. The number of carboxylic acid groups (broad SMARTS) is 1. The van der Waals surface area contributed by atoms with Gasteiger partial charge in [0.2, 0.25) is 0 Å². The van der Waals surface area contributed by atoms with Crippen molar-refractivity contribution in [1.29, 1.82) is 0 Å². The molecule has 1 heterocycles. The van der Waals surface area contributed by atoms with Crippen LogP contribution in [0, 0.1) is 5.92 Å². The van der Waals surface area contributed by atoms with E-state index in [1.165, 1.54) is 75.0 Å². The van der Waals surface area contributed by atoms with Gasteiger partial charge < -0.3 is 5.11 Å². The molecule has 4 nitrogen and oxygen atoms in total. The van der Waals surface area contributed by atoms with E-state index in [-0.39, 0.29) is 0 Å². The number of carbonyl (C=O) groups is 1. The summed E-state index contributed by atoms with van der Waals surface area (Å²) in [6.07, 6.45) is 21.4. The third-order valence-corrected chi connectivity index (χ3v) is 6.75. The second-order valence-corrected chi connectivity index (χ2v) is 9.24. The van der Waals surface area contributed by atoms with Crippen LogP contribution >= 0.6 is 0 Å². The highest BCUT2D eigenvalue weighted by Crippen LogP contribution is 2.38. The highest BCUT2D eigenvalue weighted by molar-refractivity contribution is 5.79. The standard InChI is InChI=1S/C28H38N2O2/c1-2-3-6-10-23-20-29-28(30-21-23)26-18-16-25(17-19-26)24-14-12-22(13-15-24)9-7-4-5-8-11-27(31)32/h8,11,16-22,24H,2-7,9-10,12-15H2,1H3,(H,31,32)/b11-8+/t22-,24-. The van der Waals surface area contributed by atoms with Crippen LogP contribution in [0.1, 0.15) is 94.6 Å². The number of aryl methyl sites for hydroxylation is 1. The Morgan fingerprint density at radius 1 is 1.00 bits per heavy atom. The van der Waals surface area contributed by atoms with Crippen LogP contribution in [-0.4, -0.2) is 21.0 Å². The van der Waals surface area contributed by atoms with Crippen LogP contribution in [0.3, 0.4) is 0 Å². The Morgan fingerprint density at radius 3 is 2.38 bits per heavy atom. The van der Waals surface area contributed by atoms with Crippen LogP contribution in [0.5, 0.6) is 0 Å². The third kappa shape index (κ3) is 7.89. The van der Waals surface area contributed by atoms with Gasteiger partial charge in [0.25, 0.3) is 0 Å². The largest absolute Gasteiger partial charge is 0.478 e. The number of nitrogens with zero attached hydrogens (tertiary/aromatic N) is 2. The fourth-order valence-corrected chi connectivity index (χ4v) is 4.78. The van der Waals surface area contributed by atoms with E-state index in [0.717, 1.165) is 36.6 Å². The number of rotatable bonds is 12. The second-order valence-electron chi connectivity index (χ2n) is 9.24. The van der Waals surface area contributed by atoms with Gasteiger partial charge in [-0.2, -0.15) is 0 Å². The van der Waals surface area contributed by atoms with Crippen molar-refractivity contribution in [3.8, 4) is 11.4 Å². The van der Waals surface area contributed by atoms with Crippen molar-refractivity contribution in [2.24, 2.45) is 5.92 Å². The maximum atomic E-state index is 10.5. The lowest BCUT2D eigenvalue weighted by atomic mass is 9.77. The zero-order valence-electron chi connectivity index (χ0n) is 19.5. The Labute approximate surface area is 193 Å². The third-order valence-electron chi connectivity index (χ3n) is 6.75. The Bertz CT molecular complexity index is 835. The Morgan fingerprint density at radius 2 is 1.72 bits per heavy atom. The number of aliphatic carboxylic acids is 1. The minimum absolute atomic E-state index is 0.667. The maximum absolute atomic E-state index is 10.5. The van der Waals surface area contributed by atoms with E-state index in [2.05, 4.69) is 41.2 Å². The van der Waals surface area contributed by atoms with Gasteiger partial charge in [-0.1, -0.05) is 62.9 Å². The van der Waals surface area contributed by atoms with E-state index in [1.54, 1.807) is 6.08 Å². The molecule has 0 aliphatic heterocycles. The lowest BCUT2D eigenvalue weighted by molar-refractivity contribution is -0.131. The summed E-state index contributed by atoms with van der Waals surface area (Å²) in [5.41, 5.74) is 3.77. The molecule has 1 aliphatic rings. The highest BCUT2D eigenvalue weighted by Gasteiger charge is 2.22. The molecule has 1 N–H and O–H groups in total. The number of aromatic nitrogens is 2. The molecule has 0 saturated heterocycles. The predicted molar refractivity (Wildman–Crippen MR) is 131 cm³/mol. The monoisotopic (exact) mass is 434 g/mol. The first-order valence-corrected chi connectivity index (χ1v) is 12.5. The van der Waals surface area contributed by atoms with E-state index in [1.807, 2.05) is 12.4 Å². The molecule has 2 aromatic rings. The van der Waals surface area contributed by atoms with E-state index >= 15 is 0 Å². The summed E-state index contributed by atoms with van der Waals surface area (Å²) in [5.74, 6) is 1.47. The first kappa shape index (κ1) is 24.2. The Hall–Kier alpha value is -2.49. The summed E-state index contributed by atoms with van der Waals surface area (Å²) in [4.78, 5) is 19.7. The van der Waals surface area contributed by atoms with Crippen molar-refractivity contribution in [3.63, 3.8) is 0 Å². The molecule has 1 aliphatic carbocycles. The summed E-state index contributed by atoms with van der Waals surface area (Å²) in [7, 11) is 0. The summed E-state index contributed by atoms with van der Waals surface area (Å²) in [6, 6.07) is 8.90. The number of hydrogen-bond acceptors (Lipinski definition) is 3. The maximum Gasteiger partial charge on any atom is 0.327 e. The average molecular weight is 435 g/mol. The van der Waals surface area contributed by atoms with Crippen molar-refractivity contribution in [2.75, 3.05) is 0 Å². The molecule has 1 aromatic carbocycles. The van der Waals surface area contributed by atoms with Crippen LogP contribution in [0.4, 0.5) is 0 Å². The SMILES string of the molecule is CCCCCc1cnc(-c2ccc([C@H]3CC[C@H](CCCC/C=C/C(=O)O)CC3)cc2)nc1. The van der Waals surface area contributed by atoms with Gasteiger partial charge >= 0.3 is 5.97 Å². The van der Waals surface area contributed by atoms with Gasteiger partial charge in [-0.3, -0.25) is 0 Å². The number of hydrogen-bond donors (Lipinski definition) is 1. The van der Waals surface area contributed by atoms with Gasteiger partial charge in [0.05, 0.1) is 0 Å². The number of benzene rings is 1. The van der Waals surface area contributed by atoms with E-state index in [4.69, 9.17) is 5.11 Å². The van der Waals surface area contributed by atoms with Gasteiger partial charge in [0.1, 0.15) is 0 Å². The quantitative estimate of drug-likeness (QED) is 0.280. The van der Waals surface area contributed by atoms with Crippen molar-refractivity contribution in [1.82, 2.24) is 9.97 Å². The van der Waals surface area contributed by atoms with Crippen molar-refractivity contribution >= 4 is 5.97 Å². The highest BCUT2D eigenvalue weighted by atomic mass is 16.4. The first-order valence-electron chi connectivity index (χ1n) is 12.5. The van der Waals surface area contributed by atoms with Gasteiger partial charge in [-0.15, -0.1) is 0 Å². The molecule has 1 saturated carbocycles. The number of allylic oxidation sites excluding steroid dienone is 1. The fraction of sp³-hybridized carbons (Fsp3) is 0.536. The van der Waals surface area contributed by atoms with E-state index in [0.29, 0.717) is 5.92 Å². The van der Waals surface area contributed by atoms with Gasteiger partial charge in [-0.05, 0) is 74.3 Å². The summed E-state index contributed by atoms with van der Waals surface area (Å²) in [6.45, 7) is 2.22. The topological polar surface area (TPSA) is 63.1 Å². The number of carboxylic acids is 1. The lowest BCUT2D eigenvalue weighted by Crippen LogP contribution is -2.13. The molecule has 0 amide bonds. The van der Waals surface area contributed by atoms with Crippen molar-refractivity contribution in [3.05, 3.63) is 59.9 Å². The Balaban J connectivity index is 1.41. The molecule has 32 heavy (non-hydrogen) atoms. The molecule has 0 atom stereocenters. The van der Waals surface area contributed by atoms with Crippen molar-refractivity contribution in [2.45, 2.75) is 89.9 Å². The molecule has 0 bridgehead atoms. The summed E-state index contributed by atoms with van der Waals surface area (Å²) >= 11 is 0. The number of unbranched alkanes of at least 4 members (excludes halogenated alkanes) is 4. The van der Waals surface area contributed by atoms with Crippen LogP contribution in [0.2, 0.25) is 0 Å². The smallest absolute Gasteiger partial charge is 0.327 e. The van der Waals surface area contributed by atoms with Gasteiger partial charge in [-0.25, -0.2) is 14.8 Å². The Kier molecular flexibility index (Phi) is 9.93. The molecule has 3 rings (SSSR count). The zero-order valence-corrected chi connectivity index (χ0v) is 19.5. The molecule has 0 radical (unpaired) electrons. The molecule has 4 heteroatoms. The molecule has 1 fully saturated rings. The van der Waals surface area contributed by atoms with Crippen molar-refractivity contribution < 1.29 is 9.90 Å². The van der Waals surface area contributed by atoms with E-state index in [9.17, 15) is 4.79 Å². The molecular formula is C28H38N2O2. The van der Waals surface area contributed by atoms with Gasteiger partial charge in [0, 0.05) is 24.0 Å². The van der Waals surface area contributed by atoms with E-state index < -0.39 is 5.97 Å². The lowest BCUT2D eigenvalue weighted by Gasteiger charge is -2.29. The second kappa shape index (κ2) is 13.1. The summed E-state index contributed by atoms with van der Waals surface area (Å²) < 4.78 is 0. The predicted octanol–water partition coefficient (Wildman–Crippen LogP) is 7.35. The molecule has 1 aromatic heterocycles. The molecular weight excluding hydrogens is 396 g/mol. The van der Waals surface area contributed by atoms with Crippen LogP contribution in [0.15, 0.2) is 48.8 Å². The normalized spacial score (nSPS) is 18.8. The summed E-state index contributed by atoms with van der Waals surface area (Å²) in [5, 5.41) is 8.62. The minimum atomic E-state index is -0.848. The average Bonchev–Trinajstić information content (AvgIpc) is 2.82. The molecule has 172 valence electrons. The van der Waals surface area contributed by atoms with Gasteiger partial charge in [0.15, 0.2) is 5.82 Å². The van der Waals surface area contributed by atoms with Crippen LogP contribution in [0.25, 0.3) is 11.4 Å². The fourth-order valence-electron chi connectivity index (χ4n) is 4.78. The zero-order chi connectivity index (χ0) is 22.6. The van der Waals surface area contributed by atoms with Crippen LogP contribution < -0.4 is 0 Å². The minimum Gasteiger partial charge on any atom is -0.478 e. The first-order chi connectivity index (χ1) is 15.7.